The van der Waals surface area contributed by atoms with E-state index in [0.717, 1.165) is 36.4 Å². The molecule has 5 heteroatoms. The average molecular weight is 295 g/mol. The van der Waals surface area contributed by atoms with E-state index in [-0.39, 0.29) is 0 Å². The minimum absolute atomic E-state index is 0.804. The standard InChI is InChI=1S/C12H15BrN4/c13-12-5-1-4-11(16-12)10-14-6-2-8-17-9-3-7-15-17/h1,3-5,7,9,14H,2,6,8,10H2. The topological polar surface area (TPSA) is 42.7 Å². The van der Waals surface area contributed by atoms with Crippen LogP contribution in [0.25, 0.3) is 0 Å². The first-order chi connectivity index (χ1) is 8.34. The Hall–Kier alpha value is -1.20. The van der Waals surface area contributed by atoms with Crippen LogP contribution in [0.4, 0.5) is 0 Å². The summed E-state index contributed by atoms with van der Waals surface area (Å²) in [6.07, 6.45) is 4.85. The molecule has 1 N–H and O–H groups in total. The van der Waals surface area contributed by atoms with Crippen LogP contribution in [0, 0.1) is 0 Å². The fourth-order valence-corrected chi connectivity index (χ4v) is 1.94. The SMILES string of the molecule is Brc1cccc(CNCCCn2cccn2)n1. The summed E-state index contributed by atoms with van der Waals surface area (Å²) >= 11 is 3.36. The molecular formula is C12H15BrN4. The third-order valence-corrected chi connectivity index (χ3v) is 2.82. The molecule has 0 aliphatic carbocycles. The van der Waals surface area contributed by atoms with Crippen molar-refractivity contribution in [1.29, 1.82) is 0 Å². The Bertz CT molecular complexity index is 442. The molecular weight excluding hydrogens is 280 g/mol. The molecule has 4 nitrogen and oxygen atoms in total. The lowest BCUT2D eigenvalue weighted by Crippen LogP contribution is -2.17. The van der Waals surface area contributed by atoms with E-state index < -0.39 is 0 Å². The van der Waals surface area contributed by atoms with Crippen LogP contribution in [-0.4, -0.2) is 21.3 Å². The summed E-state index contributed by atoms with van der Waals surface area (Å²) < 4.78 is 2.83. The van der Waals surface area contributed by atoms with Crippen LogP contribution in [-0.2, 0) is 13.1 Å². The highest BCUT2D eigenvalue weighted by molar-refractivity contribution is 9.10. The lowest BCUT2D eigenvalue weighted by molar-refractivity contribution is 0.541. The van der Waals surface area contributed by atoms with Crippen molar-refractivity contribution in [3.63, 3.8) is 0 Å². The molecule has 0 radical (unpaired) electrons. The molecule has 2 aromatic heterocycles. The molecule has 0 bridgehead atoms. The van der Waals surface area contributed by atoms with Crippen LogP contribution in [0.15, 0.2) is 41.3 Å². The molecule has 0 spiro atoms. The average Bonchev–Trinajstić information content (AvgIpc) is 2.82. The van der Waals surface area contributed by atoms with Crippen LogP contribution in [0.5, 0.6) is 0 Å². The van der Waals surface area contributed by atoms with Gasteiger partial charge in [0.25, 0.3) is 0 Å². The Morgan fingerprint density at radius 3 is 3.00 bits per heavy atom. The highest BCUT2D eigenvalue weighted by Crippen LogP contribution is 2.05. The summed E-state index contributed by atoms with van der Waals surface area (Å²) in [6, 6.07) is 7.89. The molecule has 0 saturated carbocycles. The minimum Gasteiger partial charge on any atom is -0.311 e. The van der Waals surface area contributed by atoms with Gasteiger partial charge in [-0.25, -0.2) is 4.98 Å². The molecule has 0 atom stereocenters. The third kappa shape index (κ3) is 4.28. The summed E-state index contributed by atoms with van der Waals surface area (Å²) in [5.74, 6) is 0. The van der Waals surface area contributed by atoms with Crippen molar-refractivity contribution in [2.24, 2.45) is 0 Å². The zero-order valence-corrected chi connectivity index (χ0v) is 11.1. The first kappa shape index (κ1) is 12.3. The Balaban J connectivity index is 1.63. The van der Waals surface area contributed by atoms with Gasteiger partial charge in [-0.3, -0.25) is 4.68 Å². The molecule has 90 valence electrons. The summed E-state index contributed by atoms with van der Waals surface area (Å²) in [6.45, 7) is 2.72. The Labute approximate surface area is 109 Å². The first-order valence-electron chi connectivity index (χ1n) is 5.64. The van der Waals surface area contributed by atoms with Gasteiger partial charge in [0.2, 0.25) is 0 Å². The number of pyridine rings is 1. The van der Waals surface area contributed by atoms with Crippen molar-refractivity contribution < 1.29 is 0 Å². The van der Waals surface area contributed by atoms with Crippen molar-refractivity contribution in [3.05, 3.63) is 47.0 Å². The maximum Gasteiger partial charge on any atom is 0.106 e. The molecule has 0 aliphatic heterocycles. The molecule has 2 heterocycles. The zero-order valence-electron chi connectivity index (χ0n) is 9.51. The number of nitrogens with one attached hydrogen (secondary N) is 1. The van der Waals surface area contributed by atoms with E-state index >= 15 is 0 Å². The van der Waals surface area contributed by atoms with Crippen LogP contribution >= 0.6 is 15.9 Å². The second-order valence-electron chi connectivity index (χ2n) is 3.75. The number of aromatic nitrogens is 3. The predicted molar refractivity (Wildman–Crippen MR) is 70.5 cm³/mol. The molecule has 0 fully saturated rings. The lowest BCUT2D eigenvalue weighted by Gasteiger charge is -2.05. The normalized spacial score (nSPS) is 10.6. The van der Waals surface area contributed by atoms with E-state index in [2.05, 4.69) is 31.3 Å². The van der Waals surface area contributed by atoms with E-state index in [0.29, 0.717) is 0 Å². The van der Waals surface area contributed by atoms with Crippen LogP contribution < -0.4 is 5.32 Å². The smallest absolute Gasteiger partial charge is 0.106 e. The van der Waals surface area contributed by atoms with Gasteiger partial charge in [-0.15, -0.1) is 0 Å². The number of rotatable bonds is 6. The van der Waals surface area contributed by atoms with Gasteiger partial charge < -0.3 is 5.32 Å². The fraction of sp³-hybridized carbons (Fsp3) is 0.333. The summed E-state index contributed by atoms with van der Waals surface area (Å²) in [7, 11) is 0. The summed E-state index contributed by atoms with van der Waals surface area (Å²) in [5, 5.41) is 7.52. The Morgan fingerprint density at radius 1 is 1.29 bits per heavy atom. The van der Waals surface area contributed by atoms with Gasteiger partial charge >= 0.3 is 0 Å². The monoisotopic (exact) mass is 294 g/mol. The molecule has 17 heavy (non-hydrogen) atoms. The lowest BCUT2D eigenvalue weighted by atomic mass is 10.3. The van der Waals surface area contributed by atoms with Crippen LogP contribution in [0.3, 0.4) is 0 Å². The zero-order chi connectivity index (χ0) is 11.9. The van der Waals surface area contributed by atoms with Gasteiger partial charge in [-0.2, -0.15) is 5.10 Å². The van der Waals surface area contributed by atoms with Gasteiger partial charge in [0.1, 0.15) is 4.60 Å². The van der Waals surface area contributed by atoms with Gasteiger partial charge in [-0.1, -0.05) is 6.07 Å². The summed E-state index contributed by atoms with van der Waals surface area (Å²) in [5.41, 5.74) is 1.05. The van der Waals surface area contributed by atoms with E-state index in [1.807, 2.05) is 35.1 Å². The number of nitrogens with zero attached hydrogens (tertiary/aromatic N) is 3. The molecule has 0 unspecified atom stereocenters. The molecule has 0 saturated heterocycles. The molecule has 2 aromatic rings. The van der Waals surface area contributed by atoms with E-state index in [4.69, 9.17) is 0 Å². The highest BCUT2D eigenvalue weighted by Gasteiger charge is 1.95. The van der Waals surface area contributed by atoms with Crippen molar-refractivity contribution in [2.45, 2.75) is 19.5 Å². The first-order valence-corrected chi connectivity index (χ1v) is 6.43. The third-order valence-electron chi connectivity index (χ3n) is 2.38. The quantitative estimate of drug-likeness (QED) is 0.656. The highest BCUT2D eigenvalue weighted by atomic mass is 79.9. The Kier molecular flexibility index (Phi) is 4.70. The van der Waals surface area contributed by atoms with Gasteiger partial charge in [0, 0.05) is 25.5 Å². The van der Waals surface area contributed by atoms with Gasteiger partial charge in [-0.05, 0) is 47.1 Å². The fourth-order valence-electron chi connectivity index (χ4n) is 1.56. The Morgan fingerprint density at radius 2 is 2.24 bits per heavy atom. The van der Waals surface area contributed by atoms with E-state index in [9.17, 15) is 0 Å². The predicted octanol–water partition coefficient (Wildman–Crippen LogP) is 2.22. The largest absolute Gasteiger partial charge is 0.311 e. The number of hydrogen-bond donors (Lipinski definition) is 1. The molecule has 0 aliphatic rings. The minimum atomic E-state index is 0.804. The van der Waals surface area contributed by atoms with E-state index in [1.165, 1.54) is 0 Å². The van der Waals surface area contributed by atoms with Gasteiger partial charge in [0.05, 0.1) is 5.69 Å². The van der Waals surface area contributed by atoms with Crippen molar-refractivity contribution in [3.8, 4) is 0 Å². The molecule has 0 aromatic carbocycles. The second-order valence-corrected chi connectivity index (χ2v) is 4.56. The molecule has 2 rings (SSSR count). The number of halogens is 1. The van der Waals surface area contributed by atoms with Crippen LogP contribution in [0.1, 0.15) is 12.1 Å². The molecule has 0 amide bonds. The maximum absolute atomic E-state index is 4.36. The van der Waals surface area contributed by atoms with Gasteiger partial charge in [0.15, 0.2) is 0 Å². The second kappa shape index (κ2) is 6.51. The number of hydrogen-bond acceptors (Lipinski definition) is 3. The van der Waals surface area contributed by atoms with Crippen molar-refractivity contribution in [1.82, 2.24) is 20.1 Å². The van der Waals surface area contributed by atoms with Crippen molar-refractivity contribution >= 4 is 15.9 Å². The summed E-state index contributed by atoms with van der Waals surface area (Å²) in [4.78, 5) is 4.36. The van der Waals surface area contributed by atoms with Crippen molar-refractivity contribution in [2.75, 3.05) is 6.54 Å². The number of aryl methyl sites for hydroxylation is 1. The van der Waals surface area contributed by atoms with E-state index in [1.54, 1.807) is 6.20 Å². The maximum atomic E-state index is 4.36. The van der Waals surface area contributed by atoms with Crippen LogP contribution in [0.2, 0.25) is 0 Å².